The number of carbonyl (C=O) groups is 3. The maximum absolute atomic E-state index is 13.3. The quantitative estimate of drug-likeness (QED) is 0.808. The first kappa shape index (κ1) is 15.6. The molecule has 2 aliphatic heterocycles. The number of imidazole rings is 1. The summed E-state index contributed by atoms with van der Waals surface area (Å²) in [5, 5.41) is 2.39. The molecule has 4 rings (SSSR count). The topological polar surface area (TPSA) is 98.4 Å². The molecule has 0 saturated carbocycles. The number of rotatable bonds is 3. The summed E-state index contributed by atoms with van der Waals surface area (Å²) in [7, 11) is 0. The highest BCUT2D eigenvalue weighted by Crippen LogP contribution is 2.31. The van der Waals surface area contributed by atoms with Gasteiger partial charge in [-0.25, -0.2) is 14.2 Å². The summed E-state index contributed by atoms with van der Waals surface area (Å²) in [6.07, 6.45) is 1.51. The minimum atomic E-state index is -0.548. The van der Waals surface area contributed by atoms with E-state index in [0.717, 1.165) is 11.3 Å². The summed E-state index contributed by atoms with van der Waals surface area (Å²) in [5.74, 6) is -0.489. The number of likely N-dealkylation sites (tertiary alicyclic amines) is 1. The van der Waals surface area contributed by atoms with Gasteiger partial charge in [0.25, 0.3) is 5.91 Å². The first-order valence-electron chi connectivity index (χ1n) is 8.06. The molecule has 8 nitrogen and oxygen atoms in total. The Labute approximate surface area is 142 Å². The minimum absolute atomic E-state index is 0.0787. The highest BCUT2D eigenvalue weighted by Gasteiger charge is 2.36. The number of benzene rings is 1. The van der Waals surface area contributed by atoms with Gasteiger partial charge in [-0.1, -0.05) is 0 Å². The average molecular weight is 345 g/mol. The Morgan fingerprint density at radius 2 is 2.20 bits per heavy atom. The number of hydrogen-bond donors (Lipinski definition) is 2. The van der Waals surface area contributed by atoms with E-state index in [4.69, 9.17) is 0 Å². The van der Waals surface area contributed by atoms with Crippen LogP contribution in [-0.2, 0) is 9.59 Å². The largest absolute Gasteiger partial charge is 0.340 e. The molecule has 25 heavy (non-hydrogen) atoms. The van der Waals surface area contributed by atoms with Gasteiger partial charge in [0.2, 0.25) is 5.91 Å². The molecule has 2 N–H and O–H groups in total. The molecule has 1 aromatic heterocycles. The number of carbonyl (C=O) groups excluding carboxylic acids is 3. The maximum Gasteiger partial charge on any atom is 0.325 e. The van der Waals surface area contributed by atoms with Gasteiger partial charge in [-0.3, -0.25) is 14.5 Å². The van der Waals surface area contributed by atoms with Gasteiger partial charge in [0.05, 0.1) is 23.6 Å². The first-order chi connectivity index (χ1) is 12.0. The van der Waals surface area contributed by atoms with Gasteiger partial charge in [-0.2, -0.15) is 0 Å². The Balaban J connectivity index is 1.55. The molecule has 2 saturated heterocycles. The van der Waals surface area contributed by atoms with E-state index in [1.54, 1.807) is 11.0 Å². The third-order valence-electron chi connectivity index (χ3n) is 4.58. The summed E-state index contributed by atoms with van der Waals surface area (Å²) >= 11 is 0. The Morgan fingerprint density at radius 1 is 1.36 bits per heavy atom. The predicted molar refractivity (Wildman–Crippen MR) is 84.9 cm³/mol. The Kier molecular flexibility index (Phi) is 3.63. The van der Waals surface area contributed by atoms with Gasteiger partial charge in [-0.05, 0) is 31.0 Å². The van der Waals surface area contributed by atoms with Gasteiger partial charge in [0, 0.05) is 6.54 Å². The monoisotopic (exact) mass is 345 g/mol. The number of halogens is 1. The number of H-pyrrole nitrogens is 1. The molecular formula is C16H16FN5O3. The van der Waals surface area contributed by atoms with Crippen LogP contribution in [0.4, 0.5) is 9.18 Å². The molecule has 130 valence electrons. The molecule has 0 bridgehead atoms. The number of imide groups is 1. The van der Waals surface area contributed by atoms with Crippen LogP contribution in [0, 0.1) is 5.82 Å². The van der Waals surface area contributed by atoms with Crippen molar-refractivity contribution in [2.24, 2.45) is 0 Å². The normalized spacial score (nSPS) is 20.6. The first-order valence-corrected chi connectivity index (χ1v) is 8.06. The lowest BCUT2D eigenvalue weighted by molar-refractivity contribution is -0.137. The number of urea groups is 1. The van der Waals surface area contributed by atoms with Crippen LogP contribution in [0.5, 0.6) is 0 Å². The van der Waals surface area contributed by atoms with E-state index in [0.29, 0.717) is 29.8 Å². The van der Waals surface area contributed by atoms with E-state index in [2.05, 4.69) is 15.3 Å². The summed E-state index contributed by atoms with van der Waals surface area (Å²) in [6.45, 7) is 0.166. The number of aromatic nitrogens is 2. The number of nitrogens with zero attached hydrogens (tertiary/aromatic N) is 3. The Morgan fingerprint density at radius 3 is 2.96 bits per heavy atom. The number of hydrogen-bond acceptors (Lipinski definition) is 4. The Bertz CT molecular complexity index is 864. The molecule has 0 unspecified atom stereocenters. The molecule has 1 atom stereocenters. The van der Waals surface area contributed by atoms with E-state index >= 15 is 0 Å². The van der Waals surface area contributed by atoms with Gasteiger partial charge in [0.1, 0.15) is 18.2 Å². The molecule has 9 heteroatoms. The number of aromatic amines is 1. The van der Waals surface area contributed by atoms with Crippen molar-refractivity contribution in [3.05, 3.63) is 29.8 Å². The second kappa shape index (κ2) is 5.83. The van der Waals surface area contributed by atoms with Crippen molar-refractivity contribution in [2.75, 3.05) is 19.6 Å². The molecule has 0 aliphatic carbocycles. The standard InChI is InChI=1S/C16H16FN5O3/c17-9-3-4-10-11(6-9)20-15(19-10)12-2-1-5-21(12)14(24)8-22-13(23)7-18-16(22)25/h3-4,6,12H,1-2,5,7-8H2,(H,18,25)(H,19,20)/t12-/m1/s1. The molecule has 4 amide bonds. The van der Waals surface area contributed by atoms with Gasteiger partial charge in [-0.15, -0.1) is 0 Å². The highest BCUT2D eigenvalue weighted by molar-refractivity contribution is 6.04. The van der Waals surface area contributed by atoms with Crippen LogP contribution < -0.4 is 5.32 Å². The van der Waals surface area contributed by atoms with Crippen molar-refractivity contribution in [1.29, 1.82) is 0 Å². The molecule has 2 aromatic rings. The molecule has 2 fully saturated rings. The summed E-state index contributed by atoms with van der Waals surface area (Å²) in [4.78, 5) is 45.9. The Hall–Kier alpha value is -2.97. The fourth-order valence-electron chi connectivity index (χ4n) is 3.35. The summed E-state index contributed by atoms with van der Waals surface area (Å²) in [6, 6.07) is 3.46. The third kappa shape index (κ3) is 2.71. The summed E-state index contributed by atoms with van der Waals surface area (Å²) in [5.41, 5.74) is 1.20. The summed E-state index contributed by atoms with van der Waals surface area (Å²) < 4.78 is 13.3. The number of amides is 4. The van der Waals surface area contributed by atoms with E-state index in [1.165, 1.54) is 12.1 Å². The van der Waals surface area contributed by atoms with Crippen molar-refractivity contribution in [2.45, 2.75) is 18.9 Å². The third-order valence-corrected chi connectivity index (χ3v) is 4.58. The van der Waals surface area contributed by atoms with Crippen LogP contribution in [-0.4, -0.2) is 57.2 Å². The fourth-order valence-corrected chi connectivity index (χ4v) is 3.35. The molecule has 1 aromatic carbocycles. The molecule has 0 spiro atoms. The molecular weight excluding hydrogens is 329 g/mol. The number of nitrogens with one attached hydrogen (secondary N) is 2. The van der Waals surface area contributed by atoms with Gasteiger partial charge < -0.3 is 15.2 Å². The van der Waals surface area contributed by atoms with Crippen LogP contribution in [0.1, 0.15) is 24.7 Å². The van der Waals surface area contributed by atoms with Crippen molar-refractivity contribution in [3.63, 3.8) is 0 Å². The predicted octanol–water partition coefficient (Wildman–Crippen LogP) is 0.917. The van der Waals surface area contributed by atoms with E-state index in [9.17, 15) is 18.8 Å². The van der Waals surface area contributed by atoms with Crippen LogP contribution in [0.25, 0.3) is 11.0 Å². The van der Waals surface area contributed by atoms with E-state index in [1.807, 2.05) is 0 Å². The van der Waals surface area contributed by atoms with Crippen molar-refractivity contribution >= 4 is 28.9 Å². The zero-order chi connectivity index (χ0) is 17.6. The average Bonchev–Trinajstić information content (AvgIpc) is 3.28. The zero-order valence-electron chi connectivity index (χ0n) is 13.3. The zero-order valence-corrected chi connectivity index (χ0v) is 13.3. The van der Waals surface area contributed by atoms with Gasteiger partial charge in [0.15, 0.2) is 0 Å². The smallest absolute Gasteiger partial charge is 0.325 e. The minimum Gasteiger partial charge on any atom is -0.340 e. The SMILES string of the molecule is O=C1CNC(=O)N1CC(=O)N1CCC[C@@H]1c1nc2ccc(F)cc2[nH]1. The van der Waals surface area contributed by atoms with E-state index in [-0.39, 0.29) is 30.9 Å². The van der Waals surface area contributed by atoms with Crippen molar-refractivity contribution in [1.82, 2.24) is 25.1 Å². The van der Waals surface area contributed by atoms with Crippen LogP contribution in [0.2, 0.25) is 0 Å². The fraction of sp³-hybridized carbons (Fsp3) is 0.375. The van der Waals surface area contributed by atoms with Crippen molar-refractivity contribution < 1.29 is 18.8 Å². The van der Waals surface area contributed by atoms with Crippen LogP contribution >= 0.6 is 0 Å². The van der Waals surface area contributed by atoms with Crippen LogP contribution in [0.15, 0.2) is 18.2 Å². The number of fused-ring (bicyclic) bond motifs is 1. The lowest BCUT2D eigenvalue weighted by Crippen LogP contribution is -2.43. The van der Waals surface area contributed by atoms with Gasteiger partial charge >= 0.3 is 6.03 Å². The lowest BCUT2D eigenvalue weighted by atomic mass is 10.2. The molecule has 3 heterocycles. The highest BCUT2D eigenvalue weighted by atomic mass is 19.1. The second-order valence-electron chi connectivity index (χ2n) is 6.17. The van der Waals surface area contributed by atoms with E-state index < -0.39 is 11.9 Å². The second-order valence-corrected chi connectivity index (χ2v) is 6.17. The van der Waals surface area contributed by atoms with Crippen molar-refractivity contribution in [3.8, 4) is 0 Å². The van der Waals surface area contributed by atoms with Crippen LogP contribution in [0.3, 0.4) is 0 Å². The maximum atomic E-state index is 13.3. The molecule has 0 radical (unpaired) electrons. The molecule has 2 aliphatic rings. The lowest BCUT2D eigenvalue weighted by Gasteiger charge is -2.24.